The third-order valence-electron chi connectivity index (χ3n) is 5.50. The van der Waals surface area contributed by atoms with Gasteiger partial charge in [-0.05, 0) is 55.5 Å². The van der Waals surface area contributed by atoms with E-state index in [0.717, 1.165) is 28.1 Å². The zero-order valence-electron chi connectivity index (χ0n) is 18.9. The number of hydrogen-bond donors (Lipinski definition) is 2. The number of rotatable bonds is 8. The number of nitrogens with zero attached hydrogens (tertiary/aromatic N) is 4. The van der Waals surface area contributed by atoms with Gasteiger partial charge in [0.05, 0.1) is 31.0 Å². The summed E-state index contributed by atoms with van der Waals surface area (Å²) in [5.74, 6) is -0.318. The zero-order valence-corrected chi connectivity index (χ0v) is 18.9. The van der Waals surface area contributed by atoms with Gasteiger partial charge in [-0.15, -0.1) is 0 Å². The van der Waals surface area contributed by atoms with E-state index in [0.29, 0.717) is 38.3 Å². The minimum absolute atomic E-state index is 0.295. The molecular weight excluding hydrogens is 406 g/mol. The Morgan fingerprint density at radius 3 is 2.97 bits per heavy atom. The van der Waals surface area contributed by atoms with Crippen molar-refractivity contribution >= 4 is 12.1 Å². The van der Waals surface area contributed by atoms with Crippen molar-refractivity contribution in [1.29, 1.82) is 0 Å². The Morgan fingerprint density at radius 2 is 2.28 bits per heavy atom. The number of aryl methyl sites for hydroxylation is 2. The Hall–Kier alpha value is -3.10. The second kappa shape index (κ2) is 11.0. The lowest BCUT2D eigenvalue weighted by atomic mass is 9.99. The standard InChI is InChI=1S/C24H31N5O3/c1-5-6-18(13-25-14-20-7-9-29(4)28-20)11-19-12-21(26-17(3)16(19)2)24(31)27-22-15-32-10-8-23(22)30/h5-7,9,12-13,22-23,30H,1,8,10-11,14-15H2,2-4H3,(H,27,31)/b18-6-,25-13-/t22-,23-/m0/s1. The van der Waals surface area contributed by atoms with E-state index in [4.69, 9.17) is 4.74 Å². The molecule has 2 N–H and O–H groups in total. The van der Waals surface area contributed by atoms with Crippen molar-refractivity contribution in [2.75, 3.05) is 13.2 Å². The third-order valence-corrected chi connectivity index (χ3v) is 5.50. The first kappa shape index (κ1) is 23.6. The van der Waals surface area contributed by atoms with E-state index < -0.39 is 12.1 Å². The minimum atomic E-state index is -0.615. The number of carbonyl (C=O) groups is 1. The van der Waals surface area contributed by atoms with E-state index in [9.17, 15) is 9.90 Å². The summed E-state index contributed by atoms with van der Waals surface area (Å²) >= 11 is 0. The minimum Gasteiger partial charge on any atom is -0.391 e. The molecule has 1 aliphatic heterocycles. The number of allylic oxidation sites excluding steroid dienone is 3. The highest BCUT2D eigenvalue weighted by atomic mass is 16.5. The number of aliphatic imine (C=N–C) groups is 1. The average molecular weight is 438 g/mol. The van der Waals surface area contributed by atoms with Crippen LogP contribution in [0, 0.1) is 13.8 Å². The summed E-state index contributed by atoms with van der Waals surface area (Å²) in [4.78, 5) is 21.8. The molecule has 0 bridgehead atoms. The Balaban J connectivity index is 1.75. The lowest BCUT2D eigenvalue weighted by molar-refractivity contribution is -0.0140. The predicted molar refractivity (Wildman–Crippen MR) is 124 cm³/mol. The number of amides is 1. The van der Waals surface area contributed by atoms with Gasteiger partial charge in [0.25, 0.3) is 5.91 Å². The maximum Gasteiger partial charge on any atom is 0.270 e. The SMILES string of the molecule is C=C/C=C(\C=N/Cc1ccn(C)n1)Cc1cc(C(=O)N[C@H]2COCC[C@@H]2O)nc(C)c1C. The highest BCUT2D eigenvalue weighted by molar-refractivity contribution is 5.93. The van der Waals surface area contributed by atoms with Crippen molar-refractivity contribution in [2.45, 2.75) is 45.4 Å². The van der Waals surface area contributed by atoms with E-state index in [1.54, 1.807) is 16.8 Å². The molecule has 3 rings (SSSR count). The molecule has 8 heteroatoms. The number of ether oxygens (including phenoxy) is 1. The molecular formula is C24H31N5O3. The maximum atomic E-state index is 12.8. The molecule has 32 heavy (non-hydrogen) atoms. The molecule has 0 aliphatic carbocycles. The van der Waals surface area contributed by atoms with Gasteiger partial charge in [0.15, 0.2) is 0 Å². The van der Waals surface area contributed by atoms with Gasteiger partial charge in [-0.3, -0.25) is 14.5 Å². The van der Waals surface area contributed by atoms with Gasteiger partial charge in [0, 0.05) is 31.8 Å². The van der Waals surface area contributed by atoms with Gasteiger partial charge in [-0.25, -0.2) is 4.98 Å². The van der Waals surface area contributed by atoms with E-state index in [-0.39, 0.29) is 5.91 Å². The van der Waals surface area contributed by atoms with Gasteiger partial charge < -0.3 is 15.2 Å². The van der Waals surface area contributed by atoms with Crippen molar-refractivity contribution < 1.29 is 14.6 Å². The molecule has 0 unspecified atom stereocenters. The van der Waals surface area contributed by atoms with Crippen molar-refractivity contribution in [3.63, 3.8) is 0 Å². The second-order valence-electron chi connectivity index (χ2n) is 7.99. The summed E-state index contributed by atoms with van der Waals surface area (Å²) in [5.41, 5.74) is 4.98. The molecule has 1 saturated heterocycles. The third kappa shape index (κ3) is 6.21. The molecule has 3 heterocycles. The number of aromatic nitrogens is 3. The summed E-state index contributed by atoms with van der Waals surface area (Å²) in [5, 5.41) is 17.3. The zero-order chi connectivity index (χ0) is 23.1. The van der Waals surface area contributed by atoms with E-state index in [2.05, 4.69) is 27.0 Å². The Morgan fingerprint density at radius 1 is 1.47 bits per heavy atom. The van der Waals surface area contributed by atoms with Crippen LogP contribution in [0.1, 0.15) is 39.4 Å². The fraction of sp³-hybridized carbons (Fsp3) is 0.417. The van der Waals surface area contributed by atoms with Crippen LogP contribution in [0.5, 0.6) is 0 Å². The molecule has 1 amide bonds. The Bertz CT molecular complexity index is 1020. The molecule has 0 aromatic carbocycles. The molecule has 8 nitrogen and oxygen atoms in total. The molecule has 1 fully saturated rings. The van der Waals surface area contributed by atoms with Crippen LogP contribution in [-0.4, -0.2) is 57.4 Å². The summed E-state index contributed by atoms with van der Waals surface area (Å²) in [6.07, 6.45) is 7.82. The van der Waals surface area contributed by atoms with Crippen molar-refractivity contribution in [3.05, 3.63) is 70.8 Å². The first-order chi connectivity index (χ1) is 15.4. The van der Waals surface area contributed by atoms with E-state index >= 15 is 0 Å². The topological polar surface area (TPSA) is 102 Å². The van der Waals surface area contributed by atoms with Crippen molar-refractivity contribution in [2.24, 2.45) is 12.0 Å². The fourth-order valence-corrected chi connectivity index (χ4v) is 3.53. The quantitative estimate of drug-likeness (QED) is 0.487. The predicted octanol–water partition coefficient (Wildman–Crippen LogP) is 2.24. The van der Waals surface area contributed by atoms with E-state index in [1.807, 2.05) is 45.4 Å². The smallest absolute Gasteiger partial charge is 0.270 e. The number of aliphatic hydroxyl groups excluding tert-OH is 1. The highest BCUT2D eigenvalue weighted by Crippen LogP contribution is 2.18. The number of hydrogen-bond acceptors (Lipinski definition) is 6. The van der Waals surface area contributed by atoms with Crippen LogP contribution in [0.4, 0.5) is 0 Å². The number of nitrogens with one attached hydrogen (secondary N) is 1. The molecule has 170 valence electrons. The van der Waals surface area contributed by atoms with Crippen molar-refractivity contribution in [3.8, 4) is 0 Å². The van der Waals surface area contributed by atoms with E-state index in [1.165, 1.54) is 0 Å². The van der Waals surface area contributed by atoms with Crippen LogP contribution in [0.15, 0.2) is 47.6 Å². The second-order valence-corrected chi connectivity index (χ2v) is 7.99. The van der Waals surface area contributed by atoms with Gasteiger partial charge in [0.2, 0.25) is 0 Å². The first-order valence-corrected chi connectivity index (χ1v) is 10.7. The van der Waals surface area contributed by atoms with Gasteiger partial charge in [-0.1, -0.05) is 18.7 Å². The molecule has 0 spiro atoms. The fourth-order valence-electron chi connectivity index (χ4n) is 3.53. The maximum absolute atomic E-state index is 12.8. The van der Waals surface area contributed by atoms with Crippen LogP contribution >= 0.6 is 0 Å². The summed E-state index contributed by atoms with van der Waals surface area (Å²) in [7, 11) is 1.88. The number of aliphatic hydroxyl groups is 1. The monoisotopic (exact) mass is 437 g/mol. The molecule has 0 radical (unpaired) electrons. The molecule has 2 aromatic rings. The molecule has 2 atom stereocenters. The van der Waals surface area contributed by atoms with Crippen LogP contribution in [0.3, 0.4) is 0 Å². The largest absolute Gasteiger partial charge is 0.391 e. The van der Waals surface area contributed by atoms with Crippen LogP contribution in [0.25, 0.3) is 0 Å². The lowest BCUT2D eigenvalue weighted by Crippen LogP contribution is -2.49. The van der Waals surface area contributed by atoms with Crippen LogP contribution in [0.2, 0.25) is 0 Å². The average Bonchev–Trinajstić information content (AvgIpc) is 3.17. The lowest BCUT2D eigenvalue weighted by Gasteiger charge is -2.28. The van der Waals surface area contributed by atoms with Crippen LogP contribution < -0.4 is 5.32 Å². The van der Waals surface area contributed by atoms with Gasteiger partial charge in [-0.2, -0.15) is 5.10 Å². The summed E-state index contributed by atoms with van der Waals surface area (Å²) in [6, 6.07) is 3.30. The summed E-state index contributed by atoms with van der Waals surface area (Å²) < 4.78 is 7.12. The molecule has 0 saturated carbocycles. The van der Waals surface area contributed by atoms with Gasteiger partial charge in [0.1, 0.15) is 5.69 Å². The highest BCUT2D eigenvalue weighted by Gasteiger charge is 2.26. The number of carbonyl (C=O) groups excluding carboxylic acids is 1. The van der Waals surface area contributed by atoms with Crippen LogP contribution in [-0.2, 0) is 24.8 Å². The summed E-state index contributed by atoms with van der Waals surface area (Å²) in [6.45, 7) is 8.97. The Kier molecular flexibility index (Phi) is 8.08. The first-order valence-electron chi connectivity index (χ1n) is 10.7. The number of pyridine rings is 1. The normalized spacial score (nSPS) is 19.3. The molecule has 1 aliphatic rings. The molecule has 2 aromatic heterocycles. The Labute approximate surface area is 188 Å². The van der Waals surface area contributed by atoms with Crippen molar-refractivity contribution in [1.82, 2.24) is 20.1 Å². The van der Waals surface area contributed by atoms with Gasteiger partial charge >= 0.3 is 0 Å².